The molecule has 0 saturated carbocycles. The molecular weight excluding hydrogens is 200 g/mol. The first-order chi connectivity index (χ1) is 7.71. The number of ether oxygens (including phenoxy) is 1. The van der Waals surface area contributed by atoms with Crippen LogP contribution >= 0.6 is 0 Å². The second-order valence-electron chi connectivity index (χ2n) is 5.51. The van der Waals surface area contributed by atoms with Crippen molar-refractivity contribution in [3.8, 4) is 0 Å². The van der Waals surface area contributed by atoms with Gasteiger partial charge in [0.2, 0.25) is 0 Å². The molecule has 3 heteroatoms. The van der Waals surface area contributed by atoms with E-state index < -0.39 is 0 Å². The number of nitrogens with one attached hydrogen (secondary N) is 1. The predicted octanol–water partition coefficient (Wildman–Crippen LogP) is 1.63. The van der Waals surface area contributed by atoms with Crippen molar-refractivity contribution < 1.29 is 4.74 Å². The molecule has 0 aromatic heterocycles. The van der Waals surface area contributed by atoms with E-state index in [0.717, 1.165) is 19.6 Å². The summed E-state index contributed by atoms with van der Waals surface area (Å²) in [5.74, 6) is 0. The molecule has 0 aliphatic carbocycles. The van der Waals surface area contributed by atoms with Crippen LogP contribution in [0.3, 0.4) is 0 Å². The van der Waals surface area contributed by atoms with Gasteiger partial charge in [-0.3, -0.25) is 0 Å². The molecule has 2 saturated heterocycles. The Morgan fingerprint density at radius 3 is 2.69 bits per heavy atom. The first-order valence-corrected chi connectivity index (χ1v) is 6.80. The van der Waals surface area contributed by atoms with Gasteiger partial charge in [0.05, 0.1) is 6.10 Å². The van der Waals surface area contributed by atoms with Crippen molar-refractivity contribution in [3.63, 3.8) is 0 Å². The molecule has 0 aromatic carbocycles. The van der Waals surface area contributed by atoms with Gasteiger partial charge < -0.3 is 15.0 Å². The van der Waals surface area contributed by atoms with Crippen LogP contribution in [-0.4, -0.2) is 49.3 Å². The van der Waals surface area contributed by atoms with E-state index in [0.29, 0.717) is 6.10 Å². The van der Waals surface area contributed by atoms with Crippen LogP contribution in [0.4, 0.5) is 0 Å². The van der Waals surface area contributed by atoms with Gasteiger partial charge in [0.1, 0.15) is 0 Å². The third-order valence-corrected chi connectivity index (χ3v) is 4.29. The van der Waals surface area contributed by atoms with E-state index >= 15 is 0 Å². The van der Waals surface area contributed by atoms with Gasteiger partial charge in [0.15, 0.2) is 0 Å². The molecule has 2 aliphatic heterocycles. The van der Waals surface area contributed by atoms with Crippen molar-refractivity contribution in [3.05, 3.63) is 0 Å². The molecule has 0 bridgehead atoms. The van der Waals surface area contributed by atoms with E-state index in [-0.39, 0.29) is 5.54 Å². The van der Waals surface area contributed by atoms with Crippen molar-refractivity contribution in [1.82, 2.24) is 10.2 Å². The zero-order valence-corrected chi connectivity index (χ0v) is 10.8. The second kappa shape index (κ2) is 5.48. The fourth-order valence-electron chi connectivity index (χ4n) is 2.75. The van der Waals surface area contributed by atoms with Crippen LogP contribution in [0.5, 0.6) is 0 Å². The maximum atomic E-state index is 5.63. The highest BCUT2D eigenvalue weighted by molar-refractivity contribution is 4.93. The van der Waals surface area contributed by atoms with Gasteiger partial charge >= 0.3 is 0 Å². The van der Waals surface area contributed by atoms with Crippen molar-refractivity contribution >= 4 is 0 Å². The maximum Gasteiger partial charge on any atom is 0.0726 e. The van der Waals surface area contributed by atoms with Gasteiger partial charge in [0.25, 0.3) is 0 Å². The van der Waals surface area contributed by atoms with E-state index in [4.69, 9.17) is 4.74 Å². The smallest absolute Gasteiger partial charge is 0.0726 e. The molecule has 0 radical (unpaired) electrons. The highest BCUT2D eigenvalue weighted by Gasteiger charge is 2.36. The summed E-state index contributed by atoms with van der Waals surface area (Å²) >= 11 is 0. The molecule has 0 unspecified atom stereocenters. The quantitative estimate of drug-likeness (QED) is 0.788. The van der Waals surface area contributed by atoms with Crippen LogP contribution in [0.25, 0.3) is 0 Å². The summed E-state index contributed by atoms with van der Waals surface area (Å²) < 4.78 is 5.63. The van der Waals surface area contributed by atoms with Gasteiger partial charge in [-0.2, -0.15) is 0 Å². The van der Waals surface area contributed by atoms with E-state index in [1.54, 1.807) is 0 Å². The third kappa shape index (κ3) is 2.96. The third-order valence-electron chi connectivity index (χ3n) is 4.29. The average molecular weight is 226 g/mol. The number of piperidine rings is 1. The number of likely N-dealkylation sites (tertiary alicyclic amines) is 1. The van der Waals surface area contributed by atoms with E-state index in [1.165, 1.54) is 38.9 Å². The lowest BCUT2D eigenvalue weighted by molar-refractivity contribution is 0.0870. The Morgan fingerprint density at radius 1 is 1.31 bits per heavy atom. The molecule has 2 atom stereocenters. The summed E-state index contributed by atoms with van der Waals surface area (Å²) in [7, 11) is 0. The first kappa shape index (κ1) is 12.3. The molecule has 94 valence electrons. The lowest BCUT2D eigenvalue weighted by Crippen LogP contribution is -2.50. The van der Waals surface area contributed by atoms with E-state index in [1.807, 2.05) is 0 Å². The summed E-state index contributed by atoms with van der Waals surface area (Å²) in [6.45, 7) is 10.3. The highest BCUT2D eigenvalue weighted by atomic mass is 16.5. The van der Waals surface area contributed by atoms with Gasteiger partial charge in [-0.15, -0.1) is 0 Å². The van der Waals surface area contributed by atoms with Crippen molar-refractivity contribution in [2.24, 2.45) is 0 Å². The first-order valence-electron chi connectivity index (χ1n) is 6.80. The number of rotatable bonds is 4. The van der Waals surface area contributed by atoms with Crippen LogP contribution in [0.1, 0.15) is 39.5 Å². The second-order valence-corrected chi connectivity index (χ2v) is 5.51. The average Bonchev–Trinajstić information content (AvgIpc) is 2.61. The lowest BCUT2D eigenvalue weighted by atomic mass is 9.95. The number of hydrogen-bond acceptors (Lipinski definition) is 3. The lowest BCUT2D eigenvalue weighted by Gasteiger charge is -2.32. The molecule has 2 fully saturated rings. The monoisotopic (exact) mass is 226 g/mol. The Kier molecular flexibility index (Phi) is 4.22. The molecule has 0 spiro atoms. The molecule has 1 N–H and O–H groups in total. The van der Waals surface area contributed by atoms with E-state index in [9.17, 15) is 0 Å². The van der Waals surface area contributed by atoms with Crippen LogP contribution < -0.4 is 5.32 Å². The normalized spacial score (nSPS) is 36.8. The SMILES string of the molecule is C[C@@H]1OCC[C@]1(C)NCCN1CCCCC1. The van der Waals surface area contributed by atoms with Gasteiger partial charge in [0, 0.05) is 25.2 Å². The molecule has 2 aliphatic rings. The van der Waals surface area contributed by atoms with Gasteiger partial charge in [-0.05, 0) is 46.2 Å². The van der Waals surface area contributed by atoms with Crippen LogP contribution in [0.15, 0.2) is 0 Å². The minimum absolute atomic E-state index is 0.204. The van der Waals surface area contributed by atoms with Crippen molar-refractivity contribution in [2.75, 3.05) is 32.8 Å². The van der Waals surface area contributed by atoms with Crippen LogP contribution in [0.2, 0.25) is 0 Å². The fourth-order valence-corrected chi connectivity index (χ4v) is 2.75. The Labute approximate surface area is 99.5 Å². The zero-order valence-electron chi connectivity index (χ0n) is 10.8. The highest BCUT2D eigenvalue weighted by Crippen LogP contribution is 2.24. The Morgan fingerprint density at radius 2 is 2.06 bits per heavy atom. The molecule has 16 heavy (non-hydrogen) atoms. The van der Waals surface area contributed by atoms with Crippen LogP contribution in [-0.2, 0) is 4.74 Å². The number of nitrogens with zero attached hydrogens (tertiary/aromatic N) is 1. The summed E-state index contributed by atoms with van der Waals surface area (Å²) in [6.07, 6.45) is 5.70. The van der Waals surface area contributed by atoms with E-state index in [2.05, 4.69) is 24.1 Å². The van der Waals surface area contributed by atoms with Crippen molar-refractivity contribution in [2.45, 2.75) is 51.2 Å². The van der Waals surface area contributed by atoms with Gasteiger partial charge in [-0.1, -0.05) is 6.42 Å². The van der Waals surface area contributed by atoms with Crippen LogP contribution in [0, 0.1) is 0 Å². The van der Waals surface area contributed by atoms with Gasteiger partial charge in [-0.25, -0.2) is 0 Å². The molecule has 0 amide bonds. The Balaban J connectivity index is 1.66. The zero-order chi connectivity index (χ0) is 11.4. The molecular formula is C13H26N2O. The summed E-state index contributed by atoms with van der Waals surface area (Å²) in [5, 5.41) is 3.69. The molecule has 3 nitrogen and oxygen atoms in total. The maximum absolute atomic E-state index is 5.63. The molecule has 2 heterocycles. The minimum atomic E-state index is 0.204. The Bertz CT molecular complexity index is 216. The number of hydrogen-bond donors (Lipinski definition) is 1. The minimum Gasteiger partial charge on any atom is -0.377 e. The Hall–Kier alpha value is -0.120. The largest absolute Gasteiger partial charge is 0.377 e. The summed E-state index contributed by atoms with van der Waals surface area (Å²) in [6, 6.07) is 0. The fraction of sp³-hybridized carbons (Fsp3) is 1.00. The molecule has 0 aromatic rings. The summed E-state index contributed by atoms with van der Waals surface area (Å²) in [4.78, 5) is 2.58. The summed E-state index contributed by atoms with van der Waals surface area (Å²) in [5.41, 5.74) is 0.204. The standard InChI is InChI=1S/C13H26N2O/c1-12-13(2,6-11-16-12)14-7-10-15-8-4-3-5-9-15/h12,14H,3-11H2,1-2H3/t12-,13-/m0/s1. The van der Waals surface area contributed by atoms with Crippen molar-refractivity contribution in [1.29, 1.82) is 0 Å². The topological polar surface area (TPSA) is 24.5 Å². The molecule has 2 rings (SSSR count). The predicted molar refractivity (Wildman–Crippen MR) is 66.7 cm³/mol.